The van der Waals surface area contributed by atoms with Gasteiger partial charge in [-0.3, -0.25) is 91.1 Å². The molecule has 0 saturated carbocycles. The Morgan fingerprint density at radius 3 is 1.58 bits per heavy atom. The molecule has 3 fully saturated rings. The molecule has 43 nitrogen and oxygen atoms in total. The molecule has 0 bridgehead atoms. The van der Waals surface area contributed by atoms with Gasteiger partial charge in [-0.05, 0) is 98.7 Å². The number of carboxylic acid groups (broad SMARTS) is 2. The summed E-state index contributed by atoms with van der Waals surface area (Å²) in [7, 11) is 3.74. The summed E-state index contributed by atoms with van der Waals surface area (Å²) in [6.07, 6.45) is -2.29. The summed E-state index contributed by atoms with van der Waals surface area (Å²) in [4.78, 5) is 285. The van der Waals surface area contributed by atoms with Crippen molar-refractivity contribution in [2.24, 2.45) is 17.4 Å². The second-order valence-electron chi connectivity index (χ2n) is 34.1. The summed E-state index contributed by atoms with van der Waals surface area (Å²) in [5.74, 6) is -22.0. The fourth-order valence-electron chi connectivity index (χ4n) is 16.2. The topological polar surface area (TPSA) is 646 Å². The highest BCUT2D eigenvalue weighted by atomic mass is 32.2. The monoisotopic (exact) mass is 1870 g/mol. The highest BCUT2D eigenvalue weighted by Gasteiger charge is 2.47. The average Bonchev–Trinajstić information content (AvgIpc) is 1.72. The summed E-state index contributed by atoms with van der Waals surface area (Å²) < 4.78 is 0. The number of fused-ring (bicyclic) bond motifs is 4. The van der Waals surface area contributed by atoms with E-state index in [-0.39, 0.29) is 76.5 Å². The van der Waals surface area contributed by atoms with Crippen molar-refractivity contribution >= 4 is 146 Å². The number of unbranched alkanes of at least 4 members (excludes halogenated alkanes) is 2. The van der Waals surface area contributed by atoms with Gasteiger partial charge in [0.25, 0.3) is 0 Å². The van der Waals surface area contributed by atoms with E-state index in [2.05, 4.69) is 63.1 Å². The molecule has 0 unspecified atom stereocenters. The van der Waals surface area contributed by atoms with Crippen LogP contribution >= 0.6 is 11.8 Å². The molecule has 15 atom stereocenters. The van der Waals surface area contributed by atoms with E-state index in [9.17, 15) is 83.1 Å². The molecule has 17 amide bonds. The van der Waals surface area contributed by atoms with Crippen LogP contribution in [-0.2, 0) is 110 Å². The summed E-state index contributed by atoms with van der Waals surface area (Å²) in [5, 5.41) is 79.2. The predicted molar refractivity (Wildman–Crippen MR) is 482 cm³/mol. The molecule has 44 heteroatoms. The minimum absolute atomic E-state index is 0.0739. The lowest BCUT2D eigenvalue weighted by atomic mass is 9.99. The number of aliphatic hydroxyl groups is 2. The number of hydrogen-bond donors (Lipinski definition) is 19. The molecule has 0 aliphatic carbocycles. The summed E-state index contributed by atoms with van der Waals surface area (Å²) >= 11 is 0.692. The number of para-hydroxylation sites is 2. The molecule has 2 aromatic heterocycles. The zero-order valence-corrected chi connectivity index (χ0v) is 76.4. The number of nitrogens with zero attached hydrogens (tertiary/aromatic N) is 5. The molecule has 3 saturated heterocycles. The van der Waals surface area contributed by atoms with Gasteiger partial charge in [0.15, 0.2) is 0 Å². The van der Waals surface area contributed by atoms with Crippen molar-refractivity contribution in [2.45, 2.75) is 241 Å². The largest absolute Gasteiger partial charge is 0.508 e. The lowest BCUT2D eigenvalue weighted by Crippen LogP contribution is -2.61. The number of nitrogens with one attached hydrogen (secondary N) is 12. The van der Waals surface area contributed by atoms with Crippen LogP contribution in [0.4, 0.5) is 0 Å². The minimum Gasteiger partial charge on any atom is -0.508 e. The molecule has 8 rings (SSSR count). The van der Waals surface area contributed by atoms with E-state index in [0.29, 0.717) is 63.1 Å². The van der Waals surface area contributed by atoms with Gasteiger partial charge in [-0.1, -0.05) is 102 Å². The molecular formula is C89H123N19O24S. The van der Waals surface area contributed by atoms with Crippen LogP contribution in [0.15, 0.2) is 85.2 Å². The van der Waals surface area contributed by atoms with Gasteiger partial charge in [0.2, 0.25) is 100 Å². The Balaban J connectivity index is 1.20. The molecule has 724 valence electrons. The average molecular weight is 1880 g/mol. The normalized spacial score (nSPS) is 25.0. The number of H-pyrrole nitrogens is 2. The molecule has 0 spiro atoms. The number of phenolic OH excluding ortho intramolecular Hbond substituents is 1. The Morgan fingerprint density at radius 2 is 1.01 bits per heavy atom. The Kier molecular flexibility index (Phi) is 39.4. The quantitative estimate of drug-likeness (QED) is 0.0274. The van der Waals surface area contributed by atoms with E-state index in [4.69, 9.17) is 11.5 Å². The molecule has 21 N–H and O–H groups in total. The molecule has 133 heavy (non-hydrogen) atoms. The van der Waals surface area contributed by atoms with Crippen LogP contribution in [0.1, 0.15) is 148 Å². The number of carbonyl (C=O) groups excluding carboxylic acids is 17. The van der Waals surface area contributed by atoms with Gasteiger partial charge >= 0.3 is 11.9 Å². The van der Waals surface area contributed by atoms with Crippen LogP contribution in [-0.4, -0.2) is 322 Å². The van der Waals surface area contributed by atoms with Crippen molar-refractivity contribution in [3.8, 4) is 5.75 Å². The lowest BCUT2D eigenvalue weighted by molar-refractivity contribution is -0.149. The summed E-state index contributed by atoms with van der Waals surface area (Å²) in [6.45, 7) is 5.63. The number of aliphatic hydroxyl groups excluding tert-OH is 2. The van der Waals surface area contributed by atoms with E-state index in [0.717, 1.165) is 24.5 Å². The van der Waals surface area contributed by atoms with Crippen LogP contribution in [0.5, 0.6) is 5.75 Å². The van der Waals surface area contributed by atoms with Crippen LogP contribution in [0.3, 0.4) is 0 Å². The number of aromatic hydroxyl groups is 1. The van der Waals surface area contributed by atoms with Crippen molar-refractivity contribution in [2.75, 3.05) is 58.9 Å². The molecule has 0 radical (unpaired) electrons. The zero-order valence-electron chi connectivity index (χ0n) is 75.6. The molecule has 3 aliphatic rings. The number of carboxylic acids is 2. The van der Waals surface area contributed by atoms with Crippen molar-refractivity contribution in [3.05, 3.63) is 102 Å². The standard InChI is InChI=1S/C89H123N19O24S/c1-9-11-22-67-82(125)97-59(30-32-75(117)118)79(122)103-66(77(120)94-42-72(91)113)45-133-46-73(114)95-62(35-49-25-27-52(110)28-26-49)85(128)104(6)48(5)76(119)99-64(39-71(90)112)87(130)107-33-17-24-68(107)83(126)102-65(44-109)81(124)100-61(34-47(3)4)88(131)108-43-53(111)38-70(108)84(127)98-60(36-50-40-92-56-20-15-13-18-54(50)56)80(123)96-58(29-31-74(115)116)78(121)101-63(37-51-41-93-57-21-16-14-19-55(51)57)86(129)106(8)69(23-12-10-2)89(132)105(67)7/h13-16,18-21,25-28,40-41,47-48,53,58-70,92-93,109-111H,9-12,17,22-24,29-39,42-46H2,1-8H3,(H2,90,112)(H2,91,113)(H,94,120)(H,95,114)(H,96,123)(H,97,125)(H,98,127)(H,99,119)(H,100,124)(H,101,121)(H,102,126)(H,103,122)(H,115,116)(H,117,118)/t48-,53+,58-,59-,60-,61-,62-,63-,64-,65-,66-,67-,68-,69-,70-/m0/s1. The first-order chi connectivity index (χ1) is 63.1. The van der Waals surface area contributed by atoms with Crippen LogP contribution in [0.25, 0.3) is 21.8 Å². The Hall–Kier alpha value is -13.3. The van der Waals surface area contributed by atoms with Crippen LogP contribution in [0.2, 0.25) is 0 Å². The zero-order chi connectivity index (χ0) is 97.8. The number of rotatable bonds is 26. The van der Waals surface area contributed by atoms with Gasteiger partial charge in [0.1, 0.15) is 90.3 Å². The SMILES string of the molecule is CCCC[C@H]1C(=O)N(C)[C@@H](CCCC)C(=O)N[C@@H](CCC(=O)O)C(=O)N[C@H](C(=O)NCC(N)=O)CSCC(=O)N[C@@H](Cc2ccc(O)cc2)C(=O)N(C)[C@@H](C)C(=O)N[C@@H](CC(N)=O)C(=O)N2CCC[C@H]2C(=O)N[C@@H](CO)C(=O)N[C@@H](CC(C)C)C(=O)N2C[C@H](O)C[C@H]2C(=O)N[C@@H](Cc2c[nH]c3ccccc23)C(=O)N[C@@H](CCC(=O)O)C(=O)N[C@@H](Cc2c[nH]c3ccccc23)C(=O)N1C. The first-order valence-corrected chi connectivity index (χ1v) is 45.4. The molecule has 3 aromatic carbocycles. The van der Waals surface area contributed by atoms with Crippen molar-refractivity contribution in [3.63, 3.8) is 0 Å². The molecule has 5 heterocycles. The van der Waals surface area contributed by atoms with Crippen molar-refractivity contribution < 1.29 is 117 Å². The van der Waals surface area contributed by atoms with Gasteiger partial charge < -0.3 is 125 Å². The van der Waals surface area contributed by atoms with Gasteiger partial charge in [-0.15, -0.1) is 11.8 Å². The highest BCUT2D eigenvalue weighted by molar-refractivity contribution is 8.00. The Bertz CT molecular complexity index is 5050. The number of primary amides is 2. The van der Waals surface area contributed by atoms with Crippen molar-refractivity contribution in [1.82, 2.24) is 87.6 Å². The number of phenols is 1. The first-order valence-electron chi connectivity index (χ1n) is 44.3. The van der Waals surface area contributed by atoms with Gasteiger partial charge in [-0.25, -0.2) is 0 Å². The predicted octanol–water partition coefficient (Wildman–Crippen LogP) is -2.43. The number of thioether (sulfide) groups is 1. The number of amides is 17. The first kappa shape index (κ1) is 105. The maximum Gasteiger partial charge on any atom is 0.303 e. The molecule has 5 aromatic rings. The maximum atomic E-state index is 15.8. The van der Waals surface area contributed by atoms with E-state index >= 15 is 33.6 Å². The van der Waals surface area contributed by atoms with E-state index in [1.165, 1.54) is 52.3 Å². The number of nitrogens with two attached hydrogens (primary N) is 2. The number of benzene rings is 3. The fraction of sp³-hybridized carbons (Fsp3) is 0.539. The second-order valence-corrected chi connectivity index (χ2v) is 35.1. The number of aromatic nitrogens is 2. The number of aliphatic carboxylic acids is 2. The smallest absolute Gasteiger partial charge is 0.303 e. The lowest BCUT2D eigenvalue weighted by Gasteiger charge is -2.36. The second kappa shape index (κ2) is 49.8. The number of likely N-dealkylation sites (N-methyl/N-ethyl adjacent to an activating group) is 3. The van der Waals surface area contributed by atoms with Crippen LogP contribution in [0, 0.1) is 5.92 Å². The Labute approximate surface area is 771 Å². The Morgan fingerprint density at radius 1 is 0.519 bits per heavy atom. The van der Waals surface area contributed by atoms with E-state index in [1.54, 1.807) is 88.6 Å². The summed E-state index contributed by atoms with van der Waals surface area (Å²) in [6, 6.07) is -3.86. The fourth-order valence-corrected chi connectivity index (χ4v) is 17.1. The van der Waals surface area contributed by atoms with Gasteiger partial charge in [-0.2, -0.15) is 0 Å². The highest BCUT2D eigenvalue weighted by Crippen LogP contribution is 2.28. The third-order valence-electron chi connectivity index (χ3n) is 23.7. The number of hydrogen-bond acceptors (Lipinski definition) is 23. The van der Waals surface area contributed by atoms with Crippen LogP contribution < -0.4 is 64.6 Å². The summed E-state index contributed by atoms with van der Waals surface area (Å²) in [5.41, 5.74) is 13.5. The number of aromatic amines is 2. The van der Waals surface area contributed by atoms with E-state index < -0.39 is 279 Å². The number of carbonyl (C=O) groups is 19. The molecular weight excluding hydrogens is 1750 g/mol. The van der Waals surface area contributed by atoms with Gasteiger partial charge in [0.05, 0.1) is 31.4 Å². The molecule has 3 aliphatic heterocycles. The maximum absolute atomic E-state index is 15.8. The third kappa shape index (κ3) is 29.6. The van der Waals surface area contributed by atoms with Crippen molar-refractivity contribution in [1.29, 1.82) is 0 Å². The van der Waals surface area contributed by atoms with Gasteiger partial charge in [0, 0.05) is 113 Å². The van der Waals surface area contributed by atoms with E-state index in [1.807, 2.05) is 0 Å². The third-order valence-corrected chi connectivity index (χ3v) is 24.7. The minimum atomic E-state index is -1.86.